The maximum Gasteiger partial charge on any atom is 0.119 e. The van der Waals surface area contributed by atoms with Crippen molar-refractivity contribution in [1.82, 2.24) is 0 Å². The van der Waals surface area contributed by atoms with Crippen LogP contribution in [-0.4, -0.2) is 13.2 Å². The van der Waals surface area contributed by atoms with Crippen molar-refractivity contribution >= 4 is 0 Å². The van der Waals surface area contributed by atoms with Crippen molar-refractivity contribution in [3.63, 3.8) is 0 Å². The SMILES string of the molecule is CC(C)(C)c1ccc(C(c2ccc(OCCCCCCCCCCCCOc3ccc(C(c4ccc(C(C)(C)C)cc4)(c4ccc(C(C)(C)C)cc4)c4ccc(C(C)(C)C)cc4)cc3)cc2)(c2ccc(C(C)(C)C)cc2)c2ccc(C(C)(C)C)cc2)cc1. The molecular weight excluding hydrogens is 1060 g/mol. The van der Waals surface area contributed by atoms with Gasteiger partial charge in [0.2, 0.25) is 0 Å². The fraction of sp³-hybridized carbons (Fsp3) is 0.442. The third kappa shape index (κ3) is 16.0. The van der Waals surface area contributed by atoms with Crippen molar-refractivity contribution in [1.29, 1.82) is 0 Å². The van der Waals surface area contributed by atoms with E-state index in [0.717, 1.165) is 37.6 Å². The molecule has 0 unspecified atom stereocenters. The van der Waals surface area contributed by atoms with Gasteiger partial charge in [-0.15, -0.1) is 0 Å². The van der Waals surface area contributed by atoms with Crippen LogP contribution in [0.3, 0.4) is 0 Å². The Labute approximate surface area is 535 Å². The molecule has 0 bridgehead atoms. The first kappa shape index (κ1) is 67.3. The lowest BCUT2D eigenvalue weighted by atomic mass is 9.64. The maximum absolute atomic E-state index is 6.46. The molecule has 0 fully saturated rings. The topological polar surface area (TPSA) is 18.5 Å². The summed E-state index contributed by atoms with van der Waals surface area (Å²) in [5, 5.41) is 0. The molecular formula is C86H110O2. The van der Waals surface area contributed by atoms with E-state index in [2.05, 4.69) is 319 Å². The van der Waals surface area contributed by atoms with Gasteiger partial charge in [0.15, 0.2) is 0 Å². The van der Waals surface area contributed by atoms with E-state index in [0.29, 0.717) is 0 Å². The highest BCUT2D eigenvalue weighted by molar-refractivity contribution is 5.63. The molecule has 2 heteroatoms. The van der Waals surface area contributed by atoms with E-state index < -0.39 is 10.8 Å². The number of rotatable bonds is 23. The molecule has 0 heterocycles. The fourth-order valence-electron chi connectivity index (χ4n) is 12.9. The minimum absolute atomic E-state index is 0.0549. The van der Waals surface area contributed by atoms with Gasteiger partial charge in [0.25, 0.3) is 0 Å². The standard InChI is InChI=1S/C86H110O2/c1-79(2,3)63-29-41-69(42-30-63)85(70-43-31-64(32-44-70)80(4,5)6,71-45-33-65(34-46-71)81(7,8)9)75-53-57-77(58-54-75)87-61-27-25-23-21-19-20-22-24-26-28-62-88-78-59-55-76(56-60-78)86(72-47-35-66(36-48-72)82(10,11)12,73-49-37-67(38-50-73)83(13,14)15)74-51-39-68(40-52-74)84(16,17)18/h29-60H,19-28,61-62H2,1-18H3. The first-order chi connectivity index (χ1) is 41.4. The van der Waals surface area contributed by atoms with Crippen LogP contribution in [0.1, 0.15) is 267 Å². The average molecular weight is 1180 g/mol. The molecule has 0 saturated carbocycles. The van der Waals surface area contributed by atoms with Crippen LogP contribution in [0, 0.1) is 0 Å². The van der Waals surface area contributed by atoms with E-state index in [1.807, 2.05) is 0 Å². The number of benzene rings is 8. The van der Waals surface area contributed by atoms with Gasteiger partial charge < -0.3 is 9.47 Å². The van der Waals surface area contributed by atoms with Gasteiger partial charge in [0.05, 0.1) is 24.0 Å². The molecule has 8 aromatic carbocycles. The van der Waals surface area contributed by atoms with Crippen molar-refractivity contribution in [2.75, 3.05) is 13.2 Å². The van der Waals surface area contributed by atoms with Crippen LogP contribution in [0.4, 0.5) is 0 Å². The quantitative estimate of drug-likeness (QED) is 0.0469. The summed E-state index contributed by atoms with van der Waals surface area (Å²) >= 11 is 0. The zero-order valence-corrected chi connectivity index (χ0v) is 57.8. The van der Waals surface area contributed by atoms with Gasteiger partial charge in [0, 0.05) is 0 Å². The van der Waals surface area contributed by atoms with Gasteiger partial charge >= 0.3 is 0 Å². The number of ether oxygens (including phenoxy) is 2. The Morgan fingerprint density at radius 1 is 0.170 bits per heavy atom. The molecule has 8 rings (SSSR count). The van der Waals surface area contributed by atoms with Gasteiger partial charge in [-0.05, 0) is 147 Å². The first-order valence-electron chi connectivity index (χ1n) is 33.6. The lowest BCUT2D eigenvalue weighted by Crippen LogP contribution is -2.31. The van der Waals surface area contributed by atoms with E-state index >= 15 is 0 Å². The molecule has 88 heavy (non-hydrogen) atoms. The number of hydrogen-bond acceptors (Lipinski definition) is 2. The minimum atomic E-state index is -0.539. The molecule has 0 aromatic heterocycles. The van der Waals surface area contributed by atoms with E-state index in [9.17, 15) is 0 Å². The summed E-state index contributed by atoms with van der Waals surface area (Å²) in [6.07, 6.45) is 12.2. The summed E-state index contributed by atoms with van der Waals surface area (Å²) in [7, 11) is 0. The molecule has 8 aromatic rings. The summed E-state index contributed by atoms with van der Waals surface area (Å²) in [5.41, 5.74) is 17.3. The fourth-order valence-corrected chi connectivity index (χ4v) is 12.9. The van der Waals surface area contributed by atoms with Crippen molar-refractivity contribution in [2.45, 2.75) is 232 Å². The zero-order chi connectivity index (χ0) is 63.8. The summed E-state index contributed by atoms with van der Waals surface area (Å²) in [5.74, 6) is 1.86. The van der Waals surface area contributed by atoms with E-state index in [4.69, 9.17) is 9.47 Å². The van der Waals surface area contributed by atoms with Crippen molar-refractivity contribution in [2.24, 2.45) is 0 Å². The molecule has 0 aliphatic carbocycles. The van der Waals surface area contributed by atoms with E-state index in [-0.39, 0.29) is 32.5 Å². The molecule has 0 saturated heterocycles. The first-order valence-corrected chi connectivity index (χ1v) is 33.6. The molecule has 0 amide bonds. The van der Waals surface area contributed by atoms with Crippen molar-refractivity contribution < 1.29 is 9.47 Å². The second-order valence-corrected chi connectivity index (χ2v) is 31.7. The molecule has 0 atom stereocenters. The van der Waals surface area contributed by atoms with Crippen molar-refractivity contribution in [3.8, 4) is 11.5 Å². The Balaban J connectivity index is 0.832. The van der Waals surface area contributed by atoms with E-state index in [1.165, 1.54) is 129 Å². The second kappa shape index (κ2) is 27.6. The van der Waals surface area contributed by atoms with Gasteiger partial charge in [-0.25, -0.2) is 0 Å². The van der Waals surface area contributed by atoms with Crippen LogP contribution < -0.4 is 9.47 Å². The highest BCUT2D eigenvalue weighted by Gasteiger charge is 2.41. The Morgan fingerprint density at radius 2 is 0.295 bits per heavy atom. The lowest BCUT2D eigenvalue weighted by Gasteiger charge is -2.38. The third-order valence-electron chi connectivity index (χ3n) is 18.8. The predicted molar refractivity (Wildman–Crippen MR) is 379 cm³/mol. The lowest BCUT2D eigenvalue weighted by molar-refractivity contribution is 0.302. The molecule has 466 valence electrons. The Kier molecular flexibility index (Phi) is 21.1. The highest BCUT2D eigenvalue weighted by atomic mass is 16.5. The minimum Gasteiger partial charge on any atom is -0.494 e. The van der Waals surface area contributed by atoms with Gasteiger partial charge in [-0.2, -0.15) is 0 Å². The molecule has 0 aliphatic heterocycles. The van der Waals surface area contributed by atoms with Crippen molar-refractivity contribution in [3.05, 3.63) is 272 Å². The normalized spacial score (nSPS) is 13.0. The summed E-state index contributed by atoms with van der Waals surface area (Å²) < 4.78 is 12.9. The monoisotopic (exact) mass is 1170 g/mol. The van der Waals surface area contributed by atoms with Crippen LogP contribution in [0.5, 0.6) is 11.5 Å². The molecule has 0 radical (unpaired) electrons. The van der Waals surface area contributed by atoms with Crippen LogP contribution >= 0.6 is 0 Å². The zero-order valence-electron chi connectivity index (χ0n) is 57.8. The Bertz CT molecular complexity index is 2890. The smallest absolute Gasteiger partial charge is 0.119 e. The van der Waals surface area contributed by atoms with Crippen LogP contribution in [0.2, 0.25) is 0 Å². The van der Waals surface area contributed by atoms with Gasteiger partial charge in [-0.3, -0.25) is 0 Å². The number of unbranched alkanes of at least 4 members (excludes halogenated alkanes) is 9. The third-order valence-corrected chi connectivity index (χ3v) is 18.8. The highest BCUT2D eigenvalue weighted by Crippen LogP contribution is 2.49. The van der Waals surface area contributed by atoms with Gasteiger partial charge in [0.1, 0.15) is 11.5 Å². The molecule has 0 N–H and O–H groups in total. The van der Waals surface area contributed by atoms with Gasteiger partial charge in [-0.1, -0.05) is 346 Å². The Morgan fingerprint density at radius 3 is 0.443 bits per heavy atom. The van der Waals surface area contributed by atoms with E-state index in [1.54, 1.807) is 0 Å². The second-order valence-electron chi connectivity index (χ2n) is 31.7. The molecule has 0 aliphatic rings. The Hall–Kier alpha value is -6.64. The summed E-state index contributed by atoms with van der Waals surface area (Å²) in [6.45, 7) is 42.8. The van der Waals surface area contributed by atoms with Crippen LogP contribution in [0.25, 0.3) is 0 Å². The van der Waals surface area contributed by atoms with Crippen LogP contribution in [0.15, 0.2) is 194 Å². The molecule has 0 spiro atoms. The molecule has 2 nitrogen and oxygen atoms in total. The predicted octanol–water partition coefficient (Wildman–Crippen LogP) is 23.6. The number of hydrogen-bond donors (Lipinski definition) is 0. The largest absolute Gasteiger partial charge is 0.494 e. The summed E-state index contributed by atoms with van der Waals surface area (Å²) in [4.78, 5) is 0. The van der Waals surface area contributed by atoms with Crippen LogP contribution in [-0.2, 0) is 43.3 Å². The summed E-state index contributed by atoms with van der Waals surface area (Å²) in [6, 6.07) is 74.6. The average Bonchev–Trinajstić information content (AvgIpc) is 0.797. The maximum atomic E-state index is 6.46.